The molecule has 0 saturated carbocycles. The van der Waals surface area contributed by atoms with Crippen LogP contribution in [0, 0.1) is 0 Å². The maximum Gasteiger partial charge on any atom is 0.243 e. The van der Waals surface area contributed by atoms with E-state index in [4.69, 9.17) is 23.2 Å². The Kier molecular flexibility index (Phi) is 7.87. The minimum Gasteiger partial charge on any atom is -0.325 e. The number of rotatable bonds is 7. The Morgan fingerprint density at radius 2 is 1.62 bits per heavy atom. The number of piperidine rings is 1. The van der Waals surface area contributed by atoms with Crippen LogP contribution in [0.4, 0.5) is 5.69 Å². The van der Waals surface area contributed by atoms with Gasteiger partial charge in [0, 0.05) is 34.6 Å². The van der Waals surface area contributed by atoms with E-state index < -0.39 is 10.0 Å². The average molecular weight is 473 g/mol. The van der Waals surface area contributed by atoms with Gasteiger partial charge in [-0.2, -0.15) is 4.31 Å². The molecule has 0 aliphatic carbocycles. The van der Waals surface area contributed by atoms with Crippen molar-refractivity contribution in [2.75, 3.05) is 24.2 Å². The van der Waals surface area contributed by atoms with E-state index >= 15 is 0 Å². The fourth-order valence-electron chi connectivity index (χ4n) is 3.08. The number of hydrogen-bond donors (Lipinski definition) is 1. The van der Waals surface area contributed by atoms with Crippen LogP contribution in [-0.2, 0) is 20.6 Å². The van der Waals surface area contributed by atoms with Crippen LogP contribution in [0.15, 0.2) is 47.4 Å². The summed E-state index contributed by atoms with van der Waals surface area (Å²) in [5.41, 5.74) is 1.37. The van der Waals surface area contributed by atoms with Crippen LogP contribution < -0.4 is 5.32 Å². The molecule has 0 atom stereocenters. The number of sulfonamides is 1. The number of carbonyl (C=O) groups is 1. The SMILES string of the molecule is O=C(CSCc1c(Cl)cccc1Cl)Nc1ccc(S(=O)(=O)N2CCCCC2)cc1. The Bertz CT molecular complexity index is 940. The highest BCUT2D eigenvalue weighted by atomic mass is 35.5. The largest absolute Gasteiger partial charge is 0.325 e. The second kappa shape index (κ2) is 10.2. The van der Waals surface area contributed by atoms with Crippen LogP contribution >= 0.6 is 35.0 Å². The van der Waals surface area contributed by atoms with Crippen LogP contribution in [-0.4, -0.2) is 37.5 Å². The predicted molar refractivity (Wildman–Crippen MR) is 120 cm³/mol. The molecule has 29 heavy (non-hydrogen) atoms. The van der Waals surface area contributed by atoms with Gasteiger partial charge in [0.2, 0.25) is 15.9 Å². The fraction of sp³-hybridized carbons (Fsp3) is 0.350. The van der Waals surface area contributed by atoms with E-state index in [2.05, 4.69) is 5.32 Å². The molecule has 1 amide bonds. The molecule has 0 bridgehead atoms. The monoisotopic (exact) mass is 472 g/mol. The molecule has 1 saturated heterocycles. The fourth-order valence-corrected chi connectivity index (χ4v) is 6.16. The molecule has 1 N–H and O–H groups in total. The van der Waals surface area contributed by atoms with Gasteiger partial charge in [0.05, 0.1) is 10.6 Å². The summed E-state index contributed by atoms with van der Waals surface area (Å²) in [6.07, 6.45) is 2.85. The molecule has 0 spiro atoms. The van der Waals surface area contributed by atoms with Crippen LogP contribution in [0.2, 0.25) is 10.0 Å². The first kappa shape index (κ1) is 22.4. The summed E-state index contributed by atoms with van der Waals surface area (Å²) in [4.78, 5) is 12.4. The van der Waals surface area contributed by atoms with Gasteiger partial charge in [0.1, 0.15) is 0 Å². The van der Waals surface area contributed by atoms with Crippen LogP contribution in [0.3, 0.4) is 0 Å². The Morgan fingerprint density at radius 3 is 2.24 bits per heavy atom. The van der Waals surface area contributed by atoms with Crippen molar-refractivity contribution in [3.8, 4) is 0 Å². The summed E-state index contributed by atoms with van der Waals surface area (Å²) in [5.74, 6) is 0.582. The van der Waals surface area contributed by atoms with Gasteiger partial charge < -0.3 is 5.32 Å². The lowest BCUT2D eigenvalue weighted by molar-refractivity contribution is -0.113. The molecule has 3 rings (SSSR count). The molecule has 0 radical (unpaired) electrons. The van der Waals surface area contributed by atoms with Crippen molar-refractivity contribution in [2.24, 2.45) is 0 Å². The van der Waals surface area contributed by atoms with Crippen LogP contribution in [0.5, 0.6) is 0 Å². The van der Waals surface area contributed by atoms with Gasteiger partial charge >= 0.3 is 0 Å². The highest BCUT2D eigenvalue weighted by Crippen LogP contribution is 2.28. The summed E-state index contributed by atoms with van der Waals surface area (Å²) in [6, 6.07) is 11.6. The zero-order chi connectivity index (χ0) is 20.9. The third-order valence-corrected chi connectivity index (χ3v) is 8.21. The lowest BCUT2D eigenvalue weighted by atomic mass is 10.2. The highest BCUT2D eigenvalue weighted by Gasteiger charge is 2.25. The van der Waals surface area contributed by atoms with E-state index in [9.17, 15) is 13.2 Å². The zero-order valence-electron chi connectivity index (χ0n) is 15.7. The first-order valence-corrected chi connectivity index (χ1v) is 12.6. The van der Waals surface area contributed by atoms with E-state index in [-0.39, 0.29) is 16.6 Å². The third kappa shape index (κ3) is 5.89. The summed E-state index contributed by atoms with van der Waals surface area (Å²) < 4.78 is 26.9. The smallest absolute Gasteiger partial charge is 0.243 e. The van der Waals surface area contributed by atoms with Gasteiger partial charge in [-0.15, -0.1) is 11.8 Å². The van der Waals surface area contributed by atoms with Crippen LogP contribution in [0.1, 0.15) is 24.8 Å². The quantitative estimate of drug-likeness (QED) is 0.612. The van der Waals surface area contributed by atoms with E-state index in [0.717, 1.165) is 24.8 Å². The average Bonchev–Trinajstić information content (AvgIpc) is 2.71. The van der Waals surface area contributed by atoms with Gasteiger partial charge in [0.15, 0.2) is 0 Å². The summed E-state index contributed by atoms with van der Waals surface area (Å²) in [7, 11) is -3.47. The van der Waals surface area contributed by atoms with Crippen LogP contribution in [0.25, 0.3) is 0 Å². The topological polar surface area (TPSA) is 66.5 Å². The number of halogens is 2. The summed E-state index contributed by atoms with van der Waals surface area (Å²) in [6.45, 7) is 1.13. The van der Waals surface area contributed by atoms with Gasteiger partial charge in [-0.3, -0.25) is 4.79 Å². The van der Waals surface area contributed by atoms with Crippen molar-refractivity contribution >= 4 is 56.6 Å². The number of hydrogen-bond acceptors (Lipinski definition) is 4. The molecule has 5 nitrogen and oxygen atoms in total. The van der Waals surface area contributed by atoms with E-state index in [1.54, 1.807) is 30.3 Å². The maximum absolute atomic E-state index is 12.7. The molecule has 1 fully saturated rings. The molecular formula is C20H22Cl2N2O3S2. The summed E-state index contributed by atoms with van der Waals surface area (Å²) in [5, 5.41) is 3.94. The van der Waals surface area contributed by atoms with Crippen molar-refractivity contribution in [3.05, 3.63) is 58.1 Å². The minimum atomic E-state index is -3.47. The molecule has 9 heteroatoms. The normalized spacial score (nSPS) is 15.2. The molecule has 1 aliphatic rings. The van der Waals surface area contributed by atoms with Crippen molar-refractivity contribution in [2.45, 2.75) is 29.9 Å². The van der Waals surface area contributed by atoms with Crippen molar-refractivity contribution in [1.29, 1.82) is 0 Å². The summed E-state index contributed by atoms with van der Waals surface area (Å²) >= 11 is 13.7. The number of carbonyl (C=O) groups excluding carboxylic acids is 1. The Morgan fingerprint density at radius 1 is 1.00 bits per heavy atom. The molecule has 1 heterocycles. The van der Waals surface area contributed by atoms with Gasteiger partial charge in [-0.05, 0) is 54.8 Å². The second-order valence-corrected chi connectivity index (χ2v) is 10.5. The number of nitrogens with zero attached hydrogens (tertiary/aromatic N) is 1. The molecule has 2 aromatic carbocycles. The molecular weight excluding hydrogens is 451 g/mol. The van der Waals surface area contributed by atoms with E-state index in [0.29, 0.717) is 34.6 Å². The molecule has 156 valence electrons. The minimum absolute atomic E-state index is 0.176. The van der Waals surface area contributed by atoms with Gasteiger partial charge in [-0.1, -0.05) is 35.7 Å². The number of nitrogens with one attached hydrogen (secondary N) is 1. The molecule has 0 aromatic heterocycles. The maximum atomic E-state index is 12.7. The molecule has 1 aliphatic heterocycles. The van der Waals surface area contributed by atoms with E-state index in [1.807, 2.05) is 0 Å². The van der Waals surface area contributed by atoms with E-state index in [1.165, 1.54) is 28.2 Å². The lowest BCUT2D eigenvalue weighted by Gasteiger charge is -2.25. The second-order valence-electron chi connectivity index (χ2n) is 6.73. The third-order valence-electron chi connectivity index (χ3n) is 4.63. The first-order chi connectivity index (χ1) is 13.9. The number of anilines is 1. The van der Waals surface area contributed by atoms with Gasteiger partial charge in [-0.25, -0.2) is 8.42 Å². The standard InChI is InChI=1S/C20H22Cl2N2O3S2/c21-18-5-4-6-19(22)17(18)13-28-14-20(25)23-15-7-9-16(10-8-15)29(26,27)24-11-2-1-3-12-24/h4-10H,1-3,11-14H2,(H,23,25). The van der Waals surface area contributed by atoms with Crippen molar-refractivity contribution < 1.29 is 13.2 Å². The Hall–Kier alpha value is -1.25. The van der Waals surface area contributed by atoms with Crippen molar-refractivity contribution in [3.63, 3.8) is 0 Å². The molecule has 0 unspecified atom stereocenters. The number of benzene rings is 2. The van der Waals surface area contributed by atoms with Crippen molar-refractivity contribution in [1.82, 2.24) is 4.31 Å². The Balaban J connectivity index is 1.53. The number of amides is 1. The number of thioether (sulfide) groups is 1. The molecule has 2 aromatic rings. The lowest BCUT2D eigenvalue weighted by Crippen LogP contribution is -2.35. The first-order valence-electron chi connectivity index (χ1n) is 9.28. The van der Waals surface area contributed by atoms with Gasteiger partial charge in [0.25, 0.3) is 0 Å². The zero-order valence-corrected chi connectivity index (χ0v) is 18.9. The highest BCUT2D eigenvalue weighted by molar-refractivity contribution is 7.99. The predicted octanol–water partition coefficient (Wildman–Crippen LogP) is 5.04. The Labute approximate surface area is 185 Å².